The molecule has 0 saturated carbocycles. The molecule has 3 aromatic rings. The van der Waals surface area contributed by atoms with E-state index < -0.39 is 9.84 Å². The minimum atomic E-state index is -3.34. The first-order valence-electron chi connectivity index (χ1n) is 10.8. The van der Waals surface area contributed by atoms with E-state index in [1.54, 1.807) is 11.3 Å². The van der Waals surface area contributed by atoms with E-state index in [1.165, 1.54) is 16.7 Å². The molecule has 0 aliphatic carbocycles. The maximum Gasteiger partial charge on any atom is 0.185 e. The second-order valence-electron chi connectivity index (χ2n) is 8.74. The van der Waals surface area contributed by atoms with Crippen molar-refractivity contribution in [2.75, 3.05) is 18.0 Å². The van der Waals surface area contributed by atoms with E-state index in [9.17, 15) is 8.42 Å². The van der Waals surface area contributed by atoms with Gasteiger partial charge in [-0.15, -0.1) is 11.3 Å². The SMILES string of the molecule is Cc1cc(C)c(S(=O)(=O)C2CCN(c3nc(-c4c(C)cccc4C)cs3)CC2)c(C)c1. The lowest BCUT2D eigenvalue weighted by molar-refractivity contribution is 0.528. The van der Waals surface area contributed by atoms with Gasteiger partial charge in [0.05, 0.1) is 15.8 Å². The predicted molar refractivity (Wildman–Crippen MR) is 130 cm³/mol. The van der Waals surface area contributed by atoms with Crippen LogP contribution >= 0.6 is 11.3 Å². The van der Waals surface area contributed by atoms with E-state index >= 15 is 0 Å². The molecule has 6 heteroatoms. The third kappa shape index (κ3) is 4.15. The molecule has 164 valence electrons. The molecule has 2 heterocycles. The molecule has 0 unspecified atom stereocenters. The van der Waals surface area contributed by atoms with Gasteiger partial charge in [0, 0.05) is 24.0 Å². The summed E-state index contributed by atoms with van der Waals surface area (Å²) in [5.41, 5.74) is 7.49. The lowest BCUT2D eigenvalue weighted by Gasteiger charge is -2.32. The van der Waals surface area contributed by atoms with Crippen LogP contribution < -0.4 is 4.90 Å². The van der Waals surface area contributed by atoms with Gasteiger partial charge in [-0.3, -0.25) is 0 Å². The smallest absolute Gasteiger partial charge is 0.185 e. The van der Waals surface area contributed by atoms with Crippen molar-refractivity contribution in [2.24, 2.45) is 0 Å². The number of sulfone groups is 1. The van der Waals surface area contributed by atoms with Gasteiger partial charge >= 0.3 is 0 Å². The Hall–Kier alpha value is -2.18. The normalized spacial score (nSPS) is 15.5. The fourth-order valence-corrected chi connectivity index (χ4v) is 7.93. The van der Waals surface area contributed by atoms with Crippen LogP contribution in [0.25, 0.3) is 11.3 Å². The van der Waals surface area contributed by atoms with Crippen LogP contribution in [0.3, 0.4) is 0 Å². The molecule has 31 heavy (non-hydrogen) atoms. The Balaban J connectivity index is 1.52. The van der Waals surface area contributed by atoms with Gasteiger partial charge in [-0.25, -0.2) is 13.4 Å². The van der Waals surface area contributed by atoms with Gasteiger partial charge in [0.25, 0.3) is 0 Å². The fraction of sp³-hybridized carbons (Fsp3) is 0.400. The molecule has 4 nitrogen and oxygen atoms in total. The zero-order valence-electron chi connectivity index (χ0n) is 18.9. The van der Waals surface area contributed by atoms with E-state index in [1.807, 2.05) is 32.9 Å². The number of aryl methyl sites for hydroxylation is 5. The van der Waals surface area contributed by atoms with Crippen molar-refractivity contribution in [3.05, 3.63) is 63.5 Å². The monoisotopic (exact) mass is 454 g/mol. The van der Waals surface area contributed by atoms with Gasteiger partial charge in [-0.05, 0) is 69.7 Å². The Bertz CT molecular complexity index is 1180. The van der Waals surface area contributed by atoms with Gasteiger partial charge < -0.3 is 4.90 Å². The van der Waals surface area contributed by atoms with Crippen LogP contribution in [0.15, 0.2) is 40.6 Å². The summed E-state index contributed by atoms with van der Waals surface area (Å²) in [4.78, 5) is 7.67. The second kappa shape index (κ2) is 8.40. The molecule has 4 rings (SSSR count). The van der Waals surface area contributed by atoms with E-state index in [2.05, 4.69) is 42.3 Å². The van der Waals surface area contributed by atoms with Gasteiger partial charge in [-0.2, -0.15) is 0 Å². The first kappa shape index (κ1) is 22.0. The highest BCUT2D eigenvalue weighted by molar-refractivity contribution is 7.92. The van der Waals surface area contributed by atoms with Gasteiger partial charge in [-0.1, -0.05) is 35.9 Å². The molecule has 1 saturated heterocycles. The van der Waals surface area contributed by atoms with Gasteiger partial charge in [0.15, 0.2) is 15.0 Å². The Morgan fingerprint density at radius 3 is 2.10 bits per heavy atom. The number of thiazole rings is 1. The maximum atomic E-state index is 13.4. The van der Waals surface area contributed by atoms with E-state index in [0.29, 0.717) is 30.8 Å². The highest BCUT2D eigenvalue weighted by Gasteiger charge is 2.34. The quantitative estimate of drug-likeness (QED) is 0.500. The Morgan fingerprint density at radius 1 is 0.935 bits per heavy atom. The molecular weight excluding hydrogens is 424 g/mol. The molecule has 0 spiro atoms. The molecule has 1 fully saturated rings. The molecule has 1 aliphatic rings. The van der Waals surface area contributed by atoms with Crippen LogP contribution in [0.5, 0.6) is 0 Å². The molecular formula is C25H30N2O2S2. The predicted octanol–water partition coefficient (Wildman–Crippen LogP) is 5.79. The number of nitrogens with zero attached hydrogens (tertiary/aromatic N) is 2. The van der Waals surface area contributed by atoms with Crippen LogP contribution in [0.2, 0.25) is 0 Å². The zero-order chi connectivity index (χ0) is 22.3. The molecule has 0 radical (unpaired) electrons. The standard InChI is InChI=1S/C25H30N2O2S2/c1-16-13-19(4)24(20(5)14-16)31(28,29)21-9-11-27(12-10-21)25-26-22(15-30-25)23-17(2)7-6-8-18(23)3/h6-8,13-15,21H,9-12H2,1-5H3. The minimum absolute atomic E-state index is 0.332. The van der Waals surface area contributed by atoms with Crippen molar-refractivity contribution in [3.8, 4) is 11.3 Å². The minimum Gasteiger partial charge on any atom is -0.348 e. The average Bonchev–Trinajstić information content (AvgIpc) is 3.16. The molecule has 0 amide bonds. The molecule has 1 aliphatic heterocycles. The summed E-state index contributed by atoms with van der Waals surface area (Å²) in [5, 5.41) is 2.77. The number of hydrogen-bond donors (Lipinski definition) is 0. The lowest BCUT2D eigenvalue weighted by Crippen LogP contribution is -2.39. The van der Waals surface area contributed by atoms with E-state index in [-0.39, 0.29) is 5.25 Å². The van der Waals surface area contributed by atoms with Gasteiger partial charge in [0.2, 0.25) is 0 Å². The van der Waals surface area contributed by atoms with Crippen molar-refractivity contribution < 1.29 is 8.42 Å². The highest BCUT2D eigenvalue weighted by Crippen LogP contribution is 2.35. The summed E-state index contributed by atoms with van der Waals surface area (Å²) < 4.78 is 26.8. The number of hydrogen-bond acceptors (Lipinski definition) is 5. The molecule has 0 atom stereocenters. The summed E-state index contributed by atoms with van der Waals surface area (Å²) in [6.45, 7) is 11.5. The summed E-state index contributed by atoms with van der Waals surface area (Å²) in [6, 6.07) is 10.3. The van der Waals surface area contributed by atoms with Crippen molar-refractivity contribution in [3.63, 3.8) is 0 Å². The summed E-state index contributed by atoms with van der Waals surface area (Å²) in [7, 11) is -3.34. The average molecular weight is 455 g/mol. The maximum absolute atomic E-state index is 13.4. The largest absolute Gasteiger partial charge is 0.348 e. The molecule has 0 bridgehead atoms. The first-order chi connectivity index (χ1) is 14.7. The fourth-order valence-electron chi connectivity index (χ4n) is 4.88. The topological polar surface area (TPSA) is 50.3 Å². The van der Waals surface area contributed by atoms with Crippen molar-refractivity contribution >= 4 is 26.3 Å². The number of anilines is 1. The van der Waals surface area contributed by atoms with Crippen LogP contribution in [-0.4, -0.2) is 31.7 Å². The van der Waals surface area contributed by atoms with Crippen LogP contribution in [0, 0.1) is 34.6 Å². The summed E-state index contributed by atoms with van der Waals surface area (Å²) >= 11 is 1.65. The van der Waals surface area contributed by atoms with E-state index in [4.69, 9.17) is 4.98 Å². The van der Waals surface area contributed by atoms with E-state index in [0.717, 1.165) is 27.5 Å². The van der Waals surface area contributed by atoms with Gasteiger partial charge in [0.1, 0.15) is 0 Å². The summed E-state index contributed by atoms with van der Waals surface area (Å²) in [6.07, 6.45) is 1.26. The van der Waals surface area contributed by atoms with Crippen molar-refractivity contribution in [2.45, 2.75) is 57.6 Å². The van der Waals surface area contributed by atoms with Crippen LogP contribution in [0.4, 0.5) is 5.13 Å². The number of piperidine rings is 1. The summed E-state index contributed by atoms with van der Waals surface area (Å²) in [5.74, 6) is 0. The molecule has 0 N–H and O–H groups in total. The number of rotatable bonds is 4. The highest BCUT2D eigenvalue weighted by atomic mass is 32.2. The second-order valence-corrected chi connectivity index (χ2v) is 11.7. The Kier molecular flexibility index (Phi) is 5.97. The Morgan fingerprint density at radius 2 is 1.52 bits per heavy atom. The third-order valence-electron chi connectivity index (χ3n) is 6.27. The molecule has 2 aromatic carbocycles. The van der Waals surface area contributed by atoms with Crippen LogP contribution in [0.1, 0.15) is 40.7 Å². The lowest BCUT2D eigenvalue weighted by atomic mass is 10.0. The first-order valence-corrected chi connectivity index (χ1v) is 13.2. The van der Waals surface area contributed by atoms with Crippen molar-refractivity contribution in [1.82, 2.24) is 4.98 Å². The number of aromatic nitrogens is 1. The third-order valence-corrected chi connectivity index (χ3v) is 9.73. The molecule has 1 aromatic heterocycles. The van der Waals surface area contributed by atoms with Crippen molar-refractivity contribution in [1.29, 1.82) is 0 Å². The number of benzene rings is 2. The zero-order valence-corrected chi connectivity index (χ0v) is 20.5. The Labute approximate surface area is 189 Å². The van der Waals surface area contributed by atoms with Crippen LogP contribution in [-0.2, 0) is 9.84 Å².